The van der Waals surface area contributed by atoms with Crippen LogP contribution in [0.25, 0.3) is 11.3 Å². The highest BCUT2D eigenvalue weighted by molar-refractivity contribution is 7.89. The highest BCUT2D eigenvalue weighted by Crippen LogP contribution is 2.24. The first kappa shape index (κ1) is 28.0. The van der Waals surface area contributed by atoms with Crippen LogP contribution in [-0.4, -0.2) is 66.6 Å². The molecule has 1 fully saturated rings. The third-order valence-electron chi connectivity index (χ3n) is 6.76. The van der Waals surface area contributed by atoms with E-state index in [0.29, 0.717) is 29.5 Å². The lowest BCUT2D eigenvalue weighted by atomic mass is 10.1. The minimum atomic E-state index is -2.85. The van der Waals surface area contributed by atoms with Gasteiger partial charge in [0.2, 0.25) is 5.95 Å². The molecule has 3 aromatic rings. The van der Waals surface area contributed by atoms with E-state index in [0.717, 1.165) is 42.9 Å². The first-order valence-corrected chi connectivity index (χ1v) is 14.7. The topological polar surface area (TPSA) is 136 Å². The number of nitrogens with zero attached hydrogens (tertiary/aromatic N) is 5. The number of rotatable bonds is 11. The van der Waals surface area contributed by atoms with Gasteiger partial charge in [-0.15, -0.1) is 0 Å². The van der Waals surface area contributed by atoms with Gasteiger partial charge in [0.25, 0.3) is 5.91 Å². The van der Waals surface area contributed by atoms with E-state index < -0.39 is 10.0 Å². The molecule has 1 amide bonds. The number of benzene rings is 2. The van der Waals surface area contributed by atoms with Gasteiger partial charge >= 0.3 is 10.0 Å². The van der Waals surface area contributed by atoms with Crippen LogP contribution in [0.3, 0.4) is 0 Å². The molecule has 11 heteroatoms. The fraction of sp³-hybridized carbons (Fsp3) is 0.357. The second-order valence-corrected chi connectivity index (χ2v) is 11.5. The first-order valence-electron chi connectivity index (χ1n) is 13.0. The highest BCUT2D eigenvalue weighted by Gasteiger charge is 2.36. The van der Waals surface area contributed by atoms with E-state index in [1.807, 2.05) is 49.4 Å². The van der Waals surface area contributed by atoms with Crippen molar-refractivity contribution in [1.82, 2.24) is 19.6 Å². The number of carbonyl (C=O) groups excluding carboxylic acids is 1. The fourth-order valence-corrected chi connectivity index (χ4v) is 6.43. The van der Waals surface area contributed by atoms with E-state index in [-0.39, 0.29) is 18.5 Å². The number of anilines is 3. The van der Waals surface area contributed by atoms with Crippen LogP contribution in [0.5, 0.6) is 0 Å². The number of hydrogen-bond acceptors (Lipinski definition) is 7. The molecular formula is C28H34N7O3S+. The predicted molar refractivity (Wildman–Crippen MR) is 153 cm³/mol. The van der Waals surface area contributed by atoms with Crippen molar-refractivity contribution < 1.29 is 13.2 Å². The van der Waals surface area contributed by atoms with Crippen LogP contribution in [0, 0.1) is 11.3 Å². The molecule has 1 aliphatic heterocycles. The van der Waals surface area contributed by atoms with Gasteiger partial charge in [0.15, 0.2) is 0 Å². The standard InChI is InChI=1S/C28H33N7O3S/c1-3-34(19-14-21(2)35-18-4-20-39(35,37)38)25-11-9-24(10-12-25)32-28-31-16-13-26(33-28)22-5-7-23(8-6-22)27(36)30-17-15-29/h5-13,16,21H,3-4,14,17-20H2,1-2H3,(H,30,36)(H,31,32,33)/p+1. The van der Waals surface area contributed by atoms with Gasteiger partial charge in [0.1, 0.15) is 12.3 Å². The van der Waals surface area contributed by atoms with Gasteiger partial charge in [-0.25, -0.2) is 14.2 Å². The number of aromatic nitrogens is 2. The van der Waals surface area contributed by atoms with Crippen molar-refractivity contribution in [2.75, 3.05) is 42.1 Å². The second kappa shape index (κ2) is 12.7. The smallest absolute Gasteiger partial charge is 0.345 e. The second-order valence-electron chi connectivity index (χ2n) is 9.38. The summed E-state index contributed by atoms with van der Waals surface area (Å²) >= 11 is 0. The van der Waals surface area contributed by atoms with Crippen LogP contribution in [0.15, 0.2) is 60.8 Å². The Morgan fingerprint density at radius 2 is 1.95 bits per heavy atom. The third-order valence-corrected chi connectivity index (χ3v) is 8.86. The molecule has 1 aromatic heterocycles. The summed E-state index contributed by atoms with van der Waals surface area (Å²) in [4.78, 5) is 23.2. The van der Waals surface area contributed by atoms with E-state index in [4.69, 9.17) is 5.26 Å². The molecule has 2 heterocycles. The summed E-state index contributed by atoms with van der Waals surface area (Å²) in [5.74, 6) is 0.524. The molecule has 39 heavy (non-hydrogen) atoms. The quantitative estimate of drug-likeness (QED) is 0.274. The van der Waals surface area contributed by atoms with Crippen molar-refractivity contribution in [2.24, 2.45) is 0 Å². The fourth-order valence-electron chi connectivity index (χ4n) is 4.60. The molecule has 0 bridgehead atoms. The van der Waals surface area contributed by atoms with Gasteiger partial charge in [-0.05, 0) is 69.2 Å². The molecule has 2 aromatic carbocycles. The average Bonchev–Trinajstić information content (AvgIpc) is 3.31. The largest absolute Gasteiger partial charge is 0.372 e. The van der Waals surface area contributed by atoms with Crippen LogP contribution in [0.1, 0.15) is 37.0 Å². The summed E-state index contributed by atoms with van der Waals surface area (Å²) in [5, 5.41) is 14.4. The Bertz CT molecular complexity index is 1420. The van der Waals surface area contributed by atoms with Crippen LogP contribution < -0.4 is 15.5 Å². The third kappa shape index (κ3) is 7.10. The maximum absolute atomic E-state index is 12.3. The first-order chi connectivity index (χ1) is 18.8. The van der Waals surface area contributed by atoms with Gasteiger partial charge in [-0.2, -0.15) is 13.8 Å². The van der Waals surface area contributed by atoms with Crippen molar-refractivity contribution in [1.29, 1.82) is 5.26 Å². The van der Waals surface area contributed by atoms with Crippen molar-refractivity contribution >= 4 is 33.3 Å². The minimum Gasteiger partial charge on any atom is -0.372 e. The van der Waals surface area contributed by atoms with Gasteiger partial charge < -0.3 is 15.5 Å². The van der Waals surface area contributed by atoms with Crippen LogP contribution in [-0.2, 0) is 10.0 Å². The molecule has 3 N–H and O–H groups in total. The summed E-state index contributed by atoms with van der Waals surface area (Å²) in [6.45, 7) is 6.40. The summed E-state index contributed by atoms with van der Waals surface area (Å²) in [7, 11) is -2.85. The molecule has 2 unspecified atom stereocenters. The highest BCUT2D eigenvalue weighted by atomic mass is 32.2. The summed E-state index contributed by atoms with van der Waals surface area (Å²) < 4.78 is 24.2. The monoisotopic (exact) mass is 548 g/mol. The van der Waals surface area contributed by atoms with E-state index >= 15 is 0 Å². The van der Waals surface area contributed by atoms with Crippen LogP contribution in [0.2, 0.25) is 0 Å². The number of carbonyl (C=O) groups is 1. The predicted octanol–water partition coefficient (Wildman–Crippen LogP) is 3.94. The number of amides is 1. The molecule has 10 nitrogen and oxygen atoms in total. The van der Waals surface area contributed by atoms with Gasteiger partial charge in [-0.3, -0.25) is 4.79 Å². The molecule has 1 saturated heterocycles. The van der Waals surface area contributed by atoms with Crippen molar-refractivity contribution in [3.05, 3.63) is 66.4 Å². The Morgan fingerprint density at radius 3 is 2.59 bits per heavy atom. The molecule has 0 saturated carbocycles. The molecule has 4 rings (SSSR count). The lowest BCUT2D eigenvalue weighted by Gasteiger charge is -2.27. The van der Waals surface area contributed by atoms with Gasteiger partial charge in [-0.1, -0.05) is 12.1 Å². The SMILES string of the molecule is CCN(CCC(C)N1CCCS1(=O)=[OH+])c1ccc(Nc2nccc(-c3ccc(C(=O)NCC#N)cc3)n2)cc1. The van der Waals surface area contributed by atoms with Crippen molar-refractivity contribution in [2.45, 2.75) is 32.7 Å². The maximum Gasteiger partial charge on any atom is 0.345 e. The summed E-state index contributed by atoms with van der Waals surface area (Å²) in [5.41, 5.74) is 3.95. The van der Waals surface area contributed by atoms with Crippen molar-refractivity contribution in [3.63, 3.8) is 0 Å². The lowest BCUT2D eigenvalue weighted by Crippen LogP contribution is -2.37. The molecule has 0 spiro atoms. The Hall–Kier alpha value is -4.01. The number of nitriles is 1. The molecular weight excluding hydrogens is 514 g/mol. The summed E-state index contributed by atoms with van der Waals surface area (Å²) in [6.07, 6.45) is 3.25. The van der Waals surface area contributed by atoms with Gasteiger partial charge in [0, 0.05) is 54.4 Å². The van der Waals surface area contributed by atoms with E-state index in [9.17, 15) is 13.2 Å². The average molecular weight is 549 g/mol. The zero-order valence-corrected chi connectivity index (χ0v) is 23.0. The Morgan fingerprint density at radius 1 is 1.21 bits per heavy atom. The summed E-state index contributed by atoms with van der Waals surface area (Å²) in [6, 6.07) is 18.8. The Labute approximate surface area is 229 Å². The zero-order chi connectivity index (χ0) is 27.8. The van der Waals surface area contributed by atoms with E-state index in [1.54, 1.807) is 28.7 Å². The van der Waals surface area contributed by atoms with Crippen molar-refractivity contribution in [3.8, 4) is 17.3 Å². The normalized spacial score (nSPS) is 17.8. The molecule has 2 atom stereocenters. The Balaban J connectivity index is 1.37. The van der Waals surface area contributed by atoms with Gasteiger partial charge in [0.05, 0.1) is 11.8 Å². The number of hydrogen-bond donors (Lipinski definition) is 2. The molecule has 0 radical (unpaired) electrons. The van der Waals surface area contributed by atoms with Crippen LogP contribution in [0.4, 0.5) is 17.3 Å². The zero-order valence-electron chi connectivity index (χ0n) is 22.2. The lowest BCUT2D eigenvalue weighted by molar-refractivity contribution is 0.0958. The molecule has 0 aliphatic carbocycles. The maximum atomic E-state index is 12.3. The molecule has 1 aliphatic rings. The van der Waals surface area contributed by atoms with Crippen LogP contribution >= 0.6 is 0 Å². The number of nitrogens with one attached hydrogen (secondary N) is 2. The van der Waals surface area contributed by atoms with E-state index in [2.05, 4.69) is 32.4 Å². The molecule has 204 valence electrons. The minimum absolute atomic E-state index is 0.0363. The van der Waals surface area contributed by atoms with E-state index in [1.165, 1.54) is 0 Å². The Kier molecular flexibility index (Phi) is 9.11.